The molecule has 21 heavy (non-hydrogen) atoms. The number of carbonyl (C=O) groups is 1. The number of carbonyl (C=O) groups excluding carboxylic acids is 1. The third kappa shape index (κ3) is 6.79. The number of hydrogen-bond donors (Lipinski definition) is 2. The standard InChI is InChI=1S/C17H35N3O/c1-4-20(5-2)11-7-8-14(3)19-17(21)16-10-6-9-15(12-16)13-18/h14-16H,4-13,18H2,1-3H3,(H,19,21). The number of nitrogens with two attached hydrogens (primary N) is 1. The van der Waals surface area contributed by atoms with Crippen molar-refractivity contribution >= 4 is 5.91 Å². The molecule has 0 heterocycles. The second-order valence-electron chi connectivity index (χ2n) is 6.54. The van der Waals surface area contributed by atoms with Gasteiger partial charge in [0.2, 0.25) is 5.91 Å². The van der Waals surface area contributed by atoms with Crippen molar-refractivity contribution in [1.82, 2.24) is 10.2 Å². The molecule has 3 atom stereocenters. The Kier molecular flexibility index (Phi) is 8.93. The first-order valence-corrected chi connectivity index (χ1v) is 8.83. The molecule has 124 valence electrons. The fourth-order valence-corrected chi connectivity index (χ4v) is 3.34. The number of nitrogens with zero attached hydrogens (tertiary/aromatic N) is 1. The Bertz CT molecular complexity index is 292. The fourth-order valence-electron chi connectivity index (χ4n) is 3.34. The molecule has 3 N–H and O–H groups in total. The highest BCUT2D eigenvalue weighted by Gasteiger charge is 2.27. The highest BCUT2D eigenvalue weighted by atomic mass is 16.1. The fraction of sp³-hybridized carbons (Fsp3) is 0.941. The van der Waals surface area contributed by atoms with Crippen molar-refractivity contribution in [3.05, 3.63) is 0 Å². The van der Waals surface area contributed by atoms with Crippen molar-refractivity contribution in [3.63, 3.8) is 0 Å². The van der Waals surface area contributed by atoms with Crippen LogP contribution in [0.25, 0.3) is 0 Å². The van der Waals surface area contributed by atoms with Crippen molar-refractivity contribution in [2.75, 3.05) is 26.2 Å². The van der Waals surface area contributed by atoms with Crippen molar-refractivity contribution < 1.29 is 4.79 Å². The third-order valence-electron chi connectivity index (χ3n) is 4.88. The molecule has 1 aliphatic carbocycles. The SMILES string of the molecule is CCN(CC)CCCC(C)NC(=O)C1CCCC(CN)C1. The van der Waals surface area contributed by atoms with Gasteiger partial charge in [-0.05, 0) is 71.1 Å². The van der Waals surface area contributed by atoms with E-state index in [-0.39, 0.29) is 17.9 Å². The van der Waals surface area contributed by atoms with E-state index >= 15 is 0 Å². The van der Waals surface area contributed by atoms with Gasteiger partial charge in [-0.3, -0.25) is 4.79 Å². The summed E-state index contributed by atoms with van der Waals surface area (Å²) in [6.45, 7) is 10.6. The van der Waals surface area contributed by atoms with Gasteiger partial charge in [-0.15, -0.1) is 0 Å². The molecule has 1 saturated carbocycles. The van der Waals surface area contributed by atoms with E-state index in [1.165, 1.54) is 6.42 Å². The molecule has 0 aromatic rings. The molecule has 0 saturated heterocycles. The first-order valence-electron chi connectivity index (χ1n) is 8.83. The largest absolute Gasteiger partial charge is 0.353 e. The molecule has 4 heteroatoms. The Hall–Kier alpha value is -0.610. The van der Waals surface area contributed by atoms with Crippen LogP contribution in [0.4, 0.5) is 0 Å². The predicted octanol–water partition coefficient (Wildman–Crippen LogP) is 2.38. The van der Waals surface area contributed by atoms with Crippen LogP contribution in [0.15, 0.2) is 0 Å². The van der Waals surface area contributed by atoms with Crippen LogP contribution in [0.5, 0.6) is 0 Å². The van der Waals surface area contributed by atoms with E-state index in [0.29, 0.717) is 5.92 Å². The van der Waals surface area contributed by atoms with Gasteiger partial charge >= 0.3 is 0 Å². The van der Waals surface area contributed by atoms with E-state index in [9.17, 15) is 4.79 Å². The molecule has 4 nitrogen and oxygen atoms in total. The summed E-state index contributed by atoms with van der Waals surface area (Å²) in [7, 11) is 0. The Morgan fingerprint density at radius 1 is 1.33 bits per heavy atom. The number of amides is 1. The van der Waals surface area contributed by atoms with Gasteiger partial charge in [-0.1, -0.05) is 20.3 Å². The highest BCUT2D eigenvalue weighted by molar-refractivity contribution is 5.79. The van der Waals surface area contributed by atoms with Gasteiger partial charge in [0.05, 0.1) is 0 Å². The van der Waals surface area contributed by atoms with Crippen molar-refractivity contribution in [2.45, 2.75) is 65.3 Å². The van der Waals surface area contributed by atoms with Crippen molar-refractivity contribution in [3.8, 4) is 0 Å². The summed E-state index contributed by atoms with van der Waals surface area (Å²) in [5, 5.41) is 3.21. The summed E-state index contributed by atoms with van der Waals surface area (Å²) >= 11 is 0. The average molecular weight is 297 g/mol. The minimum absolute atomic E-state index is 0.192. The summed E-state index contributed by atoms with van der Waals surface area (Å²) in [6, 6.07) is 0.284. The molecule has 0 aliphatic heterocycles. The lowest BCUT2D eigenvalue weighted by molar-refractivity contribution is -0.127. The summed E-state index contributed by atoms with van der Waals surface area (Å²) in [4.78, 5) is 14.7. The van der Waals surface area contributed by atoms with Crippen LogP contribution in [0, 0.1) is 11.8 Å². The lowest BCUT2D eigenvalue weighted by Crippen LogP contribution is -2.40. The van der Waals surface area contributed by atoms with E-state index in [4.69, 9.17) is 5.73 Å². The molecule has 0 aromatic heterocycles. The summed E-state index contributed by atoms with van der Waals surface area (Å²) < 4.78 is 0. The van der Waals surface area contributed by atoms with Gasteiger partial charge in [-0.25, -0.2) is 0 Å². The van der Waals surface area contributed by atoms with Gasteiger partial charge in [0.1, 0.15) is 0 Å². The van der Waals surface area contributed by atoms with E-state index < -0.39 is 0 Å². The quantitative estimate of drug-likeness (QED) is 0.687. The molecule has 1 fully saturated rings. The Balaban J connectivity index is 2.23. The zero-order valence-electron chi connectivity index (χ0n) is 14.2. The van der Waals surface area contributed by atoms with Crippen LogP contribution in [0.3, 0.4) is 0 Å². The normalized spacial score (nSPS) is 24.0. The van der Waals surface area contributed by atoms with Crippen molar-refractivity contribution in [1.29, 1.82) is 0 Å². The van der Waals surface area contributed by atoms with Gasteiger partial charge < -0.3 is 16.0 Å². The van der Waals surface area contributed by atoms with Crippen LogP contribution < -0.4 is 11.1 Å². The van der Waals surface area contributed by atoms with Crippen LogP contribution in [0.2, 0.25) is 0 Å². The zero-order valence-corrected chi connectivity index (χ0v) is 14.2. The molecular formula is C17H35N3O. The molecule has 1 aliphatic rings. The van der Waals surface area contributed by atoms with Gasteiger partial charge in [0.15, 0.2) is 0 Å². The lowest BCUT2D eigenvalue weighted by atomic mass is 9.81. The maximum absolute atomic E-state index is 12.3. The third-order valence-corrected chi connectivity index (χ3v) is 4.88. The monoisotopic (exact) mass is 297 g/mol. The minimum atomic E-state index is 0.192. The second-order valence-corrected chi connectivity index (χ2v) is 6.54. The average Bonchev–Trinajstić information content (AvgIpc) is 2.51. The lowest BCUT2D eigenvalue weighted by Gasteiger charge is -2.28. The van der Waals surface area contributed by atoms with E-state index in [2.05, 4.69) is 31.0 Å². The summed E-state index contributed by atoms with van der Waals surface area (Å²) in [6.07, 6.45) is 6.58. The first kappa shape index (κ1) is 18.4. The summed E-state index contributed by atoms with van der Waals surface area (Å²) in [5.41, 5.74) is 5.75. The van der Waals surface area contributed by atoms with Crippen LogP contribution in [-0.4, -0.2) is 43.0 Å². The topological polar surface area (TPSA) is 58.4 Å². The van der Waals surface area contributed by atoms with Gasteiger partial charge in [-0.2, -0.15) is 0 Å². The Morgan fingerprint density at radius 3 is 2.67 bits per heavy atom. The summed E-state index contributed by atoms with van der Waals surface area (Å²) in [5.74, 6) is 0.994. The smallest absolute Gasteiger partial charge is 0.223 e. The first-order chi connectivity index (χ1) is 10.1. The maximum Gasteiger partial charge on any atom is 0.223 e. The Morgan fingerprint density at radius 2 is 2.05 bits per heavy atom. The Labute approximate surface area is 130 Å². The molecule has 0 radical (unpaired) electrons. The van der Waals surface area contributed by atoms with E-state index in [1.54, 1.807) is 0 Å². The van der Waals surface area contributed by atoms with Crippen LogP contribution >= 0.6 is 0 Å². The molecular weight excluding hydrogens is 262 g/mol. The highest BCUT2D eigenvalue weighted by Crippen LogP contribution is 2.28. The van der Waals surface area contributed by atoms with Gasteiger partial charge in [0.25, 0.3) is 0 Å². The number of nitrogens with one attached hydrogen (secondary N) is 1. The van der Waals surface area contributed by atoms with E-state index in [0.717, 1.165) is 58.3 Å². The van der Waals surface area contributed by atoms with E-state index in [1.807, 2.05) is 0 Å². The molecule has 1 rings (SSSR count). The minimum Gasteiger partial charge on any atom is -0.353 e. The van der Waals surface area contributed by atoms with Gasteiger partial charge in [0, 0.05) is 12.0 Å². The predicted molar refractivity (Wildman–Crippen MR) is 89.1 cm³/mol. The zero-order chi connectivity index (χ0) is 15.7. The number of hydrogen-bond acceptors (Lipinski definition) is 3. The molecule has 3 unspecified atom stereocenters. The molecule has 0 bridgehead atoms. The second kappa shape index (κ2) is 10.2. The molecule has 0 aromatic carbocycles. The molecule has 0 spiro atoms. The maximum atomic E-state index is 12.3. The number of rotatable bonds is 9. The van der Waals surface area contributed by atoms with Crippen molar-refractivity contribution in [2.24, 2.45) is 17.6 Å². The molecule has 1 amide bonds. The van der Waals surface area contributed by atoms with Crippen LogP contribution in [0.1, 0.15) is 59.3 Å². The van der Waals surface area contributed by atoms with Crippen LogP contribution in [-0.2, 0) is 4.79 Å².